The third-order valence-electron chi connectivity index (χ3n) is 5.21. The van der Waals surface area contributed by atoms with Crippen LogP contribution in [0.2, 0.25) is 0 Å². The molecule has 0 aliphatic rings. The fourth-order valence-corrected chi connectivity index (χ4v) is 4.51. The van der Waals surface area contributed by atoms with Crippen molar-refractivity contribution in [3.8, 4) is 0 Å². The molecule has 3 aromatic carbocycles. The molecule has 2 N–H and O–H groups in total. The van der Waals surface area contributed by atoms with Gasteiger partial charge in [0.15, 0.2) is 0 Å². The number of benzene rings is 3. The SMILES string of the molecule is Cc1ccc([N+](=O)[O-])cc1NC(=O)CCc1ccc(S(=O)(=O)N[C@@H](C)c2ccccc2)cc1. The first-order chi connectivity index (χ1) is 15.7. The zero-order valence-corrected chi connectivity index (χ0v) is 19.1. The topological polar surface area (TPSA) is 118 Å². The van der Waals surface area contributed by atoms with Gasteiger partial charge in [-0.15, -0.1) is 0 Å². The first-order valence-electron chi connectivity index (χ1n) is 10.4. The lowest BCUT2D eigenvalue weighted by molar-refractivity contribution is -0.384. The lowest BCUT2D eigenvalue weighted by Gasteiger charge is -2.15. The molecule has 1 atom stereocenters. The van der Waals surface area contributed by atoms with E-state index in [2.05, 4.69) is 10.0 Å². The number of nitro groups is 1. The summed E-state index contributed by atoms with van der Waals surface area (Å²) in [5.74, 6) is -0.284. The smallest absolute Gasteiger partial charge is 0.271 e. The first kappa shape index (κ1) is 24.1. The van der Waals surface area contributed by atoms with E-state index < -0.39 is 14.9 Å². The number of carbonyl (C=O) groups excluding carboxylic acids is 1. The maximum atomic E-state index is 12.7. The van der Waals surface area contributed by atoms with Gasteiger partial charge in [-0.05, 0) is 49.1 Å². The molecule has 3 rings (SSSR count). The summed E-state index contributed by atoms with van der Waals surface area (Å²) < 4.78 is 28.0. The Morgan fingerprint density at radius 1 is 1.03 bits per heavy atom. The number of hydrogen-bond acceptors (Lipinski definition) is 5. The summed E-state index contributed by atoms with van der Waals surface area (Å²) in [5.41, 5.74) is 2.69. The highest BCUT2D eigenvalue weighted by atomic mass is 32.2. The van der Waals surface area contributed by atoms with Crippen LogP contribution in [0, 0.1) is 17.0 Å². The van der Waals surface area contributed by atoms with Crippen molar-refractivity contribution < 1.29 is 18.1 Å². The molecule has 33 heavy (non-hydrogen) atoms. The van der Waals surface area contributed by atoms with Gasteiger partial charge in [0.05, 0.1) is 15.5 Å². The van der Waals surface area contributed by atoms with Crippen LogP contribution in [0.25, 0.3) is 0 Å². The minimum absolute atomic E-state index is 0.0945. The minimum atomic E-state index is -3.70. The van der Waals surface area contributed by atoms with Gasteiger partial charge < -0.3 is 5.32 Å². The Morgan fingerprint density at radius 3 is 2.33 bits per heavy atom. The molecular formula is C24H25N3O5S. The average molecular weight is 468 g/mol. The summed E-state index contributed by atoms with van der Waals surface area (Å²) in [7, 11) is -3.70. The standard InChI is InChI=1S/C24H25N3O5S/c1-17-8-12-21(27(29)30)16-23(17)25-24(28)15-11-19-9-13-22(14-10-19)33(31,32)26-18(2)20-6-4-3-5-7-20/h3-10,12-14,16,18,26H,11,15H2,1-2H3,(H,25,28)/t18-/m0/s1. The van der Waals surface area contributed by atoms with Crippen molar-refractivity contribution >= 4 is 27.3 Å². The third-order valence-corrected chi connectivity index (χ3v) is 6.77. The second kappa shape index (κ2) is 10.4. The van der Waals surface area contributed by atoms with E-state index >= 15 is 0 Å². The van der Waals surface area contributed by atoms with E-state index in [9.17, 15) is 23.3 Å². The van der Waals surface area contributed by atoms with Crippen LogP contribution in [-0.4, -0.2) is 19.2 Å². The number of hydrogen-bond donors (Lipinski definition) is 2. The lowest BCUT2D eigenvalue weighted by atomic mass is 10.1. The monoisotopic (exact) mass is 467 g/mol. The number of aryl methyl sites for hydroxylation is 2. The highest BCUT2D eigenvalue weighted by Gasteiger charge is 2.18. The molecule has 0 aromatic heterocycles. The van der Waals surface area contributed by atoms with Crippen LogP contribution < -0.4 is 10.0 Å². The molecule has 0 fully saturated rings. The fraction of sp³-hybridized carbons (Fsp3) is 0.208. The van der Waals surface area contributed by atoms with Gasteiger partial charge in [-0.3, -0.25) is 14.9 Å². The van der Waals surface area contributed by atoms with Crippen molar-refractivity contribution in [2.24, 2.45) is 0 Å². The molecular weight excluding hydrogens is 442 g/mol. The number of nitrogens with one attached hydrogen (secondary N) is 2. The molecule has 0 aliphatic heterocycles. The summed E-state index contributed by atoms with van der Waals surface area (Å²) >= 11 is 0. The van der Waals surface area contributed by atoms with Crippen LogP contribution in [0.3, 0.4) is 0 Å². The van der Waals surface area contributed by atoms with Crippen LogP contribution in [0.15, 0.2) is 77.7 Å². The molecule has 0 saturated carbocycles. The van der Waals surface area contributed by atoms with Crippen molar-refractivity contribution in [3.63, 3.8) is 0 Å². The summed E-state index contributed by atoms with van der Waals surface area (Å²) in [5, 5.41) is 13.6. The molecule has 1 amide bonds. The Labute approximate surface area is 192 Å². The molecule has 0 heterocycles. The number of anilines is 1. The molecule has 0 saturated heterocycles. The Kier molecular flexibility index (Phi) is 7.57. The van der Waals surface area contributed by atoms with Crippen LogP contribution in [-0.2, 0) is 21.2 Å². The third kappa shape index (κ3) is 6.47. The van der Waals surface area contributed by atoms with Gasteiger partial charge in [0, 0.05) is 24.6 Å². The van der Waals surface area contributed by atoms with Gasteiger partial charge in [-0.2, -0.15) is 0 Å². The predicted octanol–water partition coefficient (Wildman–Crippen LogP) is 4.51. The number of nitro benzene ring substituents is 1. The van der Waals surface area contributed by atoms with Crippen LogP contribution in [0.4, 0.5) is 11.4 Å². The summed E-state index contributed by atoms with van der Waals surface area (Å²) in [6.45, 7) is 3.54. The molecule has 172 valence electrons. The maximum Gasteiger partial charge on any atom is 0.271 e. The van der Waals surface area contributed by atoms with Crippen molar-refractivity contribution in [2.75, 3.05) is 5.32 Å². The normalized spacial score (nSPS) is 12.2. The average Bonchev–Trinajstić information content (AvgIpc) is 2.79. The number of non-ortho nitro benzene ring substituents is 1. The Balaban J connectivity index is 1.59. The van der Waals surface area contributed by atoms with Gasteiger partial charge in [0.25, 0.3) is 5.69 Å². The summed E-state index contributed by atoms with van der Waals surface area (Å²) in [4.78, 5) is 22.9. The molecule has 0 radical (unpaired) electrons. The van der Waals surface area contributed by atoms with Crippen LogP contribution in [0.1, 0.15) is 36.1 Å². The van der Waals surface area contributed by atoms with Crippen molar-refractivity contribution in [1.29, 1.82) is 0 Å². The van der Waals surface area contributed by atoms with Crippen molar-refractivity contribution in [1.82, 2.24) is 4.72 Å². The highest BCUT2D eigenvalue weighted by Crippen LogP contribution is 2.22. The van der Waals surface area contributed by atoms with Gasteiger partial charge in [-0.25, -0.2) is 13.1 Å². The summed E-state index contributed by atoms with van der Waals surface area (Å²) in [6.07, 6.45) is 0.547. The van der Waals surface area contributed by atoms with Crippen LogP contribution in [0.5, 0.6) is 0 Å². The molecule has 9 heteroatoms. The number of carbonyl (C=O) groups is 1. The zero-order chi connectivity index (χ0) is 24.0. The number of rotatable bonds is 9. The lowest BCUT2D eigenvalue weighted by Crippen LogP contribution is -2.26. The molecule has 0 bridgehead atoms. The summed E-state index contributed by atoms with van der Waals surface area (Å²) in [6, 6.07) is 19.6. The van der Waals surface area contributed by atoms with E-state index in [0.717, 1.165) is 16.7 Å². The van der Waals surface area contributed by atoms with Crippen molar-refractivity contribution in [3.05, 3.63) is 99.6 Å². The fourth-order valence-electron chi connectivity index (χ4n) is 3.27. The second-order valence-electron chi connectivity index (χ2n) is 7.70. The van der Waals surface area contributed by atoms with E-state index in [-0.39, 0.29) is 29.0 Å². The van der Waals surface area contributed by atoms with E-state index in [1.165, 1.54) is 24.3 Å². The predicted molar refractivity (Wildman–Crippen MR) is 126 cm³/mol. The van der Waals surface area contributed by atoms with E-state index in [0.29, 0.717) is 12.1 Å². The second-order valence-corrected chi connectivity index (χ2v) is 9.42. The first-order valence-corrected chi connectivity index (χ1v) is 11.8. The zero-order valence-electron chi connectivity index (χ0n) is 18.3. The molecule has 0 aliphatic carbocycles. The van der Waals surface area contributed by atoms with Gasteiger partial charge in [-0.1, -0.05) is 48.5 Å². The molecule has 3 aromatic rings. The highest BCUT2D eigenvalue weighted by molar-refractivity contribution is 7.89. The van der Waals surface area contributed by atoms with Crippen LogP contribution >= 0.6 is 0 Å². The van der Waals surface area contributed by atoms with E-state index in [4.69, 9.17) is 0 Å². The number of sulfonamides is 1. The Hall–Kier alpha value is -3.56. The molecule has 0 spiro atoms. The minimum Gasteiger partial charge on any atom is -0.326 e. The van der Waals surface area contributed by atoms with Crippen molar-refractivity contribution in [2.45, 2.75) is 37.6 Å². The Bertz CT molecular complexity index is 1240. The Morgan fingerprint density at radius 2 is 1.70 bits per heavy atom. The van der Waals surface area contributed by atoms with Gasteiger partial charge in [0.1, 0.15) is 0 Å². The molecule has 8 nitrogen and oxygen atoms in total. The van der Waals surface area contributed by atoms with Gasteiger partial charge in [0.2, 0.25) is 15.9 Å². The maximum absolute atomic E-state index is 12.7. The number of nitrogens with zero attached hydrogens (tertiary/aromatic N) is 1. The van der Waals surface area contributed by atoms with Gasteiger partial charge >= 0.3 is 0 Å². The quantitative estimate of drug-likeness (QED) is 0.354. The number of amides is 1. The van der Waals surface area contributed by atoms with E-state index in [1.807, 2.05) is 30.3 Å². The largest absolute Gasteiger partial charge is 0.326 e. The van der Waals surface area contributed by atoms with E-state index in [1.54, 1.807) is 32.0 Å². The molecule has 0 unspecified atom stereocenters.